The maximum absolute atomic E-state index is 11.6. The third-order valence-corrected chi connectivity index (χ3v) is 2.52. The van der Waals surface area contributed by atoms with Crippen molar-refractivity contribution in [1.82, 2.24) is 0 Å². The van der Waals surface area contributed by atoms with E-state index in [-0.39, 0.29) is 5.91 Å². The van der Waals surface area contributed by atoms with Crippen molar-refractivity contribution in [3.8, 4) is 0 Å². The molecule has 0 bridgehead atoms. The molecule has 0 aliphatic carbocycles. The molecule has 0 saturated carbocycles. The summed E-state index contributed by atoms with van der Waals surface area (Å²) >= 11 is 3.36. The van der Waals surface area contributed by atoms with E-state index in [0.717, 1.165) is 15.7 Å². The van der Waals surface area contributed by atoms with Crippen LogP contribution in [0.3, 0.4) is 0 Å². The Balaban J connectivity index is 2.87. The summed E-state index contributed by atoms with van der Waals surface area (Å²) in [6.07, 6.45) is 0. The van der Waals surface area contributed by atoms with Gasteiger partial charge in [0.15, 0.2) is 0 Å². The fraction of sp³-hybridized carbons (Fsp3) is 0.364. The molecule has 1 amide bonds. The topological polar surface area (TPSA) is 55.1 Å². The van der Waals surface area contributed by atoms with Crippen LogP contribution in [0.1, 0.15) is 19.4 Å². The standard InChI is InChI=1S/C11H15BrN2O/c1-7-6-8(12)4-5-9(7)14-10(15)11(2,3)13/h4-6H,13H2,1-3H3,(H,14,15). The Morgan fingerprint density at radius 1 is 1.47 bits per heavy atom. The number of hydrogen-bond donors (Lipinski definition) is 2. The van der Waals surface area contributed by atoms with Crippen LogP contribution in [0.2, 0.25) is 0 Å². The molecule has 1 rings (SSSR count). The predicted octanol–water partition coefficient (Wildman–Crippen LogP) is 2.43. The van der Waals surface area contributed by atoms with Crippen molar-refractivity contribution in [2.24, 2.45) is 5.73 Å². The minimum absolute atomic E-state index is 0.187. The van der Waals surface area contributed by atoms with E-state index in [9.17, 15) is 4.79 Å². The molecule has 0 aromatic heterocycles. The number of anilines is 1. The van der Waals surface area contributed by atoms with Crippen molar-refractivity contribution in [1.29, 1.82) is 0 Å². The van der Waals surface area contributed by atoms with Crippen molar-refractivity contribution in [2.75, 3.05) is 5.32 Å². The average Bonchev–Trinajstić information content (AvgIpc) is 2.08. The Hall–Kier alpha value is -0.870. The van der Waals surface area contributed by atoms with Gasteiger partial charge < -0.3 is 11.1 Å². The molecule has 0 saturated heterocycles. The summed E-state index contributed by atoms with van der Waals surface area (Å²) < 4.78 is 0.991. The average molecular weight is 271 g/mol. The Bertz CT molecular complexity index is 383. The first kappa shape index (κ1) is 12.2. The number of hydrogen-bond acceptors (Lipinski definition) is 2. The number of nitrogens with two attached hydrogens (primary N) is 1. The lowest BCUT2D eigenvalue weighted by Gasteiger charge is -2.18. The van der Waals surface area contributed by atoms with E-state index in [1.54, 1.807) is 13.8 Å². The number of rotatable bonds is 2. The van der Waals surface area contributed by atoms with Crippen LogP contribution < -0.4 is 11.1 Å². The Labute approximate surface area is 98.2 Å². The molecule has 0 radical (unpaired) electrons. The molecule has 0 aliphatic rings. The van der Waals surface area contributed by atoms with Crippen LogP contribution in [0.15, 0.2) is 22.7 Å². The fourth-order valence-electron chi connectivity index (χ4n) is 1.05. The number of carbonyl (C=O) groups is 1. The van der Waals surface area contributed by atoms with Crippen molar-refractivity contribution in [3.05, 3.63) is 28.2 Å². The lowest BCUT2D eigenvalue weighted by molar-refractivity contribution is -0.120. The minimum atomic E-state index is -0.862. The van der Waals surface area contributed by atoms with Gasteiger partial charge in [0, 0.05) is 10.2 Å². The van der Waals surface area contributed by atoms with E-state index in [0.29, 0.717) is 0 Å². The molecule has 3 nitrogen and oxygen atoms in total. The zero-order valence-electron chi connectivity index (χ0n) is 9.10. The molecule has 0 fully saturated rings. The summed E-state index contributed by atoms with van der Waals surface area (Å²) in [7, 11) is 0. The van der Waals surface area contributed by atoms with Crippen LogP contribution in [-0.4, -0.2) is 11.4 Å². The van der Waals surface area contributed by atoms with Crippen LogP contribution >= 0.6 is 15.9 Å². The van der Waals surface area contributed by atoms with Crippen molar-refractivity contribution in [3.63, 3.8) is 0 Å². The maximum Gasteiger partial charge on any atom is 0.243 e. The summed E-state index contributed by atoms with van der Waals surface area (Å²) in [6, 6.07) is 5.67. The van der Waals surface area contributed by atoms with Gasteiger partial charge in [0.1, 0.15) is 0 Å². The monoisotopic (exact) mass is 270 g/mol. The zero-order valence-corrected chi connectivity index (χ0v) is 10.7. The summed E-state index contributed by atoms with van der Waals surface area (Å²) in [5, 5.41) is 2.79. The molecule has 1 aromatic carbocycles. The normalized spacial score (nSPS) is 11.3. The number of carbonyl (C=O) groups excluding carboxylic acids is 1. The molecule has 0 aliphatic heterocycles. The van der Waals surface area contributed by atoms with Crippen LogP contribution in [0, 0.1) is 6.92 Å². The van der Waals surface area contributed by atoms with E-state index in [1.807, 2.05) is 25.1 Å². The number of aryl methyl sites for hydroxylation is 1. The van der Waals surface area contributed by atoms with Gasteiger partial charge >= 0.3 is 0 Å². The molecule has 1 aromatic rings. The zero-order chi connectivity index (χ0) is 11.6. The van der Waals surface area contributed by atoms with Crippen LogP contribution in [0.4, 0.5) is 5.69 Å². The summed E-state index contributed by atoms with van der Waals surface area (Å²) in [5.41, 5.74) is 6.62. The van der Waals surface area contributed by atoms with Crippen LogP contribution in [0.25, 0.3) is 0 Å². The molecule has 0 unspecified atom stereocenters. The maximum atomic E-state index is 11.6. The highest BCUT2D eigenvalue weighted by Gasteiger charge is 2.22. The van der Waals surface area contributed by atoms with Gasteiger partial charge in [-0.1, -0.05) is 15.9 Å². The SMILES string of the molecule is Cc1cc(Br)ccc1NC(=O)C(C)(C)N. The molecule has 0 atom stereocenters. The third kappa shape index (κ3) is 3.32. The first-order valence-corrected chi connectivity index (χ1v) is 5.46. The molecule has 3 N–H and O–H groups in total. The first-order chi connectivity index (χ1) is 6.80. The van der Waals surface area contributed by atoms with Gasteiger partial charge in [0.25, 0.3) is 0 Å². The second-order valence-corrected chi connectivity index (χ2v) is 5.05. The Morgan fingerprint density at radius 3 is 2.53 bits per heavy atom. The second kappa shape index (κ2) is 4.33. The smallest absolute Gasteiger partial charge is 0.243 e. The summed E-state index contributed by atoms with van der Waals surface area (Å²) in [4.78, 5) is 11.6. The van der Waals surface area contributed by atoms with Gasteiger partial charge in [-0.3, -0.25) is 4.79 Å². The van der Waals surface area contributed by atoms with E-state index in [1.165, 1.54) is 0 Å². The predicted molar refractivity (Wildman–Crippen MR) is 65.8 cm³/mol. The molecule has 0 heterocycles. The molecule has 4 heteroatoms. The van der Waals surface area contributed by atoms with E-state index >= 15 is 0 Å². The number of amides is 1. The Kier molecular flexibility index (Phi) is 3.52. The van der Waals surface area contributed by atoms with E-state index in [2.05, 4.69) is 21.2 Å². The van der Waals surface area contributed by atoms with Gasteiger partial charge in [-0.2, -0.15) is 0 Å². The van der Waals surface area contributed by atoms with Crippen molar-refractivity contribution >= 4 is 27.5 Å². The lowest BCUT2D eigenvalue weighted by atomic mass is 10.1. The highest BCUT2D eigenvalue weighted by molar-refractivity contribution is 9.10. The molecule has 0 spiro atoms. The highest BCUT2D eigenvalue weighted by Crippen LogP contribution is 2.20. The number of halogens is 1. The lowest BCUT2D eigenvalue weighted by Crippen LogP contribution is -2.45. The molecular weight excluding hydrogens is 256 g/mol. The number of benzene rings is 1. The minimum Gasteiger partial charge on any atom is -0.324 e. The third-order valence-electron chi connectivity index (χ3n) is 2.02. The second-order valence-electron chi connectivity index (χ2n) is 4.14. The van der Waals surface area contributed by atoms with Gasteiger partial charge in [-0.15, -0.1) is 0 Å². The van der Waals surface area contributed by atoms with Gasteiger partial charge in [0.2, 0.25) is 5.91 Å². The molecule has 82 valence electrons. The summed E-state index contributed by atoms with van der Waals surface area (Å²) in [6.45, 7) is 5.29. The first-order valence-electron chi connectivity index (χ1n) is 4.67. The van der Waals surface area contributed by atoms with Gasteiger partial charge in [-0.05, 0) is 44.5 Å². The Morgan fingerprint density at radius 2 is 2.07 bits per heavy atom. The molecule has 15 heavy (non-hydrogen) atoms. The van der Waals surface area contributed by atoms with Crippen molar-refractivity contribution in [2.45, 2.75) is 26.3 Å². The summed E-state index contributed by atoms with van der Waals surface area (Å²) in [5.74, 6) is -0.187. The van der Waals surface area contributed by atoms with Crippen LogP contribution in [-0.2, 0) is 4.79 Å². The fourth-order valence-corrected chi connectivity index (χ4v) is 1.53. The van der Waals surface area contributed by atoms with E-state index < -0.39 is 5.54 Å². The highest BCUT2D eigenvalue weighted by atomic mass is 79.9. The van der Waals surface area contributed by atoms with Crippen molar-refractivity contribution < 1.29 is 4.79 Å². The largest absolute Gasteiger partial charge is 0.324 e. The molecular formula is C11H15BrN2O. The number of nitrogens with one attached hydrogen (secondary N) is 1. The quantitative estimate of drug-likeness (QED) is 0.868. The van der Waals surface area contributed by atoms with Crippen LogP contribution in [0.5, 0.6) is 0 Å². The van der Waals surface area contributed by atoms with E-state index in [4.69, 9.17) is 5.73 Å². The van der Waals surface area contributed by atoms with Gasteiger partial charge in [0.05, 0.1) is 5.54 Å². The van der Waals surface area contributed by atoms with Gasteiger partial charge in [-0.25, -0.2) is 0 Å².